The van der Waals surface area contributed by atoms with Gasteiger partial charge >= 0.3 is 5.97 Å². The van der Waals surface area contributed by atoms with Crippen molar-refractivity contribution in [3.8, 4) is 17.2 Å². The Morgan fingerprint density at radius 1 is 0.923 bits per heavy atom. The first-order valence-electron chi connectivity index (χ1n) is 8.17. The third-order valence-electron chi connectivity index (χ3n) is 3.60. The lowest BCUT2D eigenvalue weighted by molar-refractivity contribution is -0.149. The van der Waals surface area contributed by atoms with E-state index in [0.717, 1.165) is 11.3 Å². The molecule has 6 nitrogen and oxygen atoms in total. The fourth-order valence-electron chi connectivity index (χ4n) is 2.19. The van der Waals surface area contributed by atoms with Crippen LogP contribution in [0.3, 0.4) is 0 Å². The second kappa shape index (κ2) is 8.38. The summed E-state index contributed by atoms with van der Waals surface area (Å²) in [7, 11) is 1.27. The summed E-state index contributed by atoms with van der Waals surface area (Å²) in [5, 5.41) is 2.56. The summed E-state index contributed by atoms with van der Waals surface area (Å²) < 4.78 is 15.8. The zero-order chi connectivity index (χ0) is 19.2. The highest BCUT2D eigenvalue weighted by Crippen LogP contribution is 2.24. The van der Waals surface area contributed by atoms with Crippen LogP contribution in [0.25, 0.3) is 0 Å². The lowest BCUT2D eigenvalue weighted by atomic mass is 10.1. The Morgan fingerprint density at radius 3 is 1.96 bits per heavy atom. The van der Waals surface area contributed by atoms with Gasteiger partial charge in [-0.1, -0.05) is 17.7 Å². The third-order valence-corrected chi connectivity index (χ3v) is 3.60. The summed E-state index contributed by atoms with van der Waals surface area (Å²) in [4.78, 5) is 23.5. The van der Waals surface area contributed by atoms with Gasteiger partial charge in [0.1, 0.15) is 22.8 Å². The van der Waals surface area contributed by atoms with Crippen molar-refractivity contribution in [2.45, 2.75) is 26.3 Å². The number of amides is 1. The van der Waals surface area contributed by atoms with Crippen LogP contribution >= 0.6 is 0 Å². The standard InChI is InChI=1S/C20H23NO5/c1-14-5-7-16(8-6-14)26-17-11-9-15(10-12-17)25-13-18(22)21-20(2,3)19(23)24-4/h5-12H,13H2,1-4H3,(H,21,22). The van der Waals surface area contributed by atoms with E-state index in [-0.39, 0.29) is 6.61 Å². The molecule has 0 aliphatic carbocycles. The largest absolute Gasteiger partial charge is 0.484 e. The van der Waals surface area contributed by atoms with E-state index in [0.29, 0.717) is 11.5 Å². The van der Waals surface area contributed by atoms with Crippen molar-refractivity contribution < 1.29 is 23.8 Å². The van der Waals surface area contributed by atoms with Gasteiger partial charge in [-0.3, -0.25) is 4.79 Å². The maximum atomic E-state index is 11.9. The van der Waals surface area contributed by atoms with E-state index in [2.05, 4.69) is 10.1 Å². The summed E-state index contributed by atoms with van der Waals surface area (Å²) in [5.41, 5.74) is 0.0516. The fourth-order valence-corrected chi connectivity index (χ4v) is 2.19. The van der Waals surface area contributed by atoms with Crippen molar-refractivity contribution in [3.05, 3.63) is 54.1 Å². The van der Waals surface area contributed by atoms with Crippen LogP contribution in [0.4, 0.5) is 0 Å². The number of nitrogens with one attached hydrogen (secondary N) is 1. The minimum atomic E-state index is -1.11. The van der Waals surface area contributed by atoms with Crippen LogP contribution in [0.2, 0.25) is 0 Å². The first kappa shape index (κ1) is 19.3. The van der Waals surface area contributed by atoms with Gasteiger partial charge in [-0.2, -0.15) is 0 Å². The maximum Gasteiger partial charge on any atom is 0.330 e. The molecular formula is C20H23NO5. The lowest BCUT2D eigenvalue weighted by Gasteiger charge is -2.23. The molecule has 0 saturated heterocycles. The molecule has 0 spiro atoms. The van der Waals surface area contributed by atoms with Gasteiger partial charge in [-0.25, -0.2) is 4.79 Å². The fraction of sp³-hybridized carbons (Fsp3) is 0.300. The second-order valence-corrected chi connectivity index (χ2v) is 6.34. The van der Waals surface area contributed by atoms with Crippen LogP contribution in [0.1, 0.15) is 19.4 Å². The minimum Gasteiger partial charge on any atom is -0.484 e. The molecule has 26 heavy (non-hydrogen) atoms. The van der Waals surface area contributed by atoms with Crippen LogP contribution in [-0.4, -0.2) is 31.1 Å². The highest BCUT2D eigenvalue weighted by atomic mass is 16.5. The molecule has 0 fully saturated rings. The molecular weight excluding hydrogens is 334 g/mol. The molecule has 2 aromatic carbocycles. The van der Waals surface area contributed by atoms with E-state index in [9.17, 15) is 9.59 Å². The Hall–Kier alpha value is -3.02. The first-order chi connectivity index (χ1) is 12.3. The molecule has 138 valence electrons. The smallest absolute Gasteiger partial charge is 0.330 e. The number of hydrogen-bond acceptors (Lipinski definition) is 5. The summed E-state index contributed by atoms with van der Waals surface area (Å²) in [6, 6.07) is 14.7. The number of carbonyl (C=O) groups excluding carboxylic acids is 2. The monoisotopic (exact) mass is 357 g/mol. The summed E-state index contributed by atoms with van der Waals surface area (Å²) in [5.74, 6) is 0.988. The number of benzene rings is 2. The summed E-state index contributed by atoms with van der Waals surface area (Å²) >= 11 is 0. The molecule has 0 aliphatic rings. The zero-order valence-electron chi connectivity index (χ0n) is 15.4. The van der Waals surface area contributed by atoms with Crippen molar-refractivity contribution in [2.24, 2.45) is 0 Å². The Bertz CT molecular complexity index is 751. The van der Waals surface area contributed by atoms with Crippen LogP contribution in [-0.2, 0) is 14.3 Å². The van der Waals surface area contributed by atoms with Crippen molar-refractivity contribution in [1.29, 1.82) is 0 Å². The molecule has 0 heterocycles. The van der Waals surface area contributed by atoms with E-state index in [4.69, 9.17) is 9.47 Å². The van der Waals surface area contributed by atoms with Gasteiger partial charge in [0.25, 0.3) is 5.91 Å². The summed E-state index contributed by atoms with van der Waals surface area (Å²) in [6.45, 7) is 4.93. The number of methoxy groups -OCH3 is 1. The predicted octanol–water partition coefficient (Wildman–Crippen LogP) is 3.23. The van der Waals surface area contributed by atoms with Gasteiger partial charge in [0.2, 0.25) is 0 Å². The molecule has 1 amide bonds. The zero-order valence-corrected chi connectivity index (χ0v) is 15.4. The molecule has 0 aliphatic heterocycles. The molecule has 1 N–H and O–H groups in total. The van der Waals surface area contributed by atoms with Gasteiger partial charge in [0.15, 0.2) is 6.61 Å². The average Bonchev–Trinajstić information content (AvgIpc) is 2.62. The quantitative estimate of drug-likeness (QED) is 0.770. The molecule has 0 atom stereocenters. The van der Waals surface area contributed by atoms with Crippen molar-refractivity contribution in [1.82, 2.24) is 5.32 Å². The molecule has 0 radical (unpaired) electrons. The lowest BCUT2D eigenvalue weighted by Crippen LogP contribution is -2.51. The number of ether oxygens (including phenoxy) is 3. The number of hydrogen-bond donors (Lipinski definition) is 1. The molecule has 0 aromatic heterocycles. The Kier molecular flexibility index (Phi) is 6.22. The van der Waals surface area contributed by atoms with Crippen LogP contribution in [0.5, 0.6) is 17.2 Å². The SMILES string of the molecule is COC(=O)C(C)(C)NC(=O)COc1ccc(Oc2ccc(C)cc2)cc1. The van der Waals surface area contributed by atoms with E-state index in [1.165, 1.54) is 7.11 Å². The van der Waals surface area contributed by atoms with Crippen LogP contribution in [0.15, 0.2) is 48.5 Å². The van der Waals surface area contributed by atoms with Crippen molar-refractivity contribution in [3.63, 3.8) is 0 Å². The number of esters is 1. The third kappa shape index (κ3) is 5.51. The number of carbonyl (C=O) groups is 2. The van der Waals surface area contributed by atoms with Crippen molar-refractivity contribution >= 4 is 11.9 Å². The van der Waals surface area contributed by atoms with Crippen LogP contribution in [0, 0.1) is 6.92 Å². The Balaban J connectivity index is 1.86. The van der Waals surface area contributed by atoms with Gasteiger partial charge < -0.3 is 19.5 Å². The Morgan fingerprint density at radius 2 is 1.42 bits per heavy atom. The molecule has 0 unspecified atom stereocenters. The van der Waals surface area contributed by atoms with Crippen LogP contribution < -0.4 is 14.8 Å². The summed E-state index contributed by atoms with van der Waals surface area (Å²) in [6.07, 6.45) is 0. The number of rotatable bonds is 7. The van der Waals surface area contributed by atoms with E-state index in [1.807, 2.05) is 31.2 Å². The van der Waals surface area contributed by atoms with Gasteiger partial charge in [-0.15, -0.1) is 0 Å². The second-order valence-electron chi connectivity index (χ2n) is 6.34. The first-order valence-corrected chi connectivity index (χ1v) is 8.17. The van der Waals surface area contributed by atoms with E-state index in [1.54, 1.807) is 38.1 Å². The normalized spacial score (nSPS) is 10.8. The van der Waals surface area contributed by atoms with E-state index < -0.39 is 17.4 Å². The highest BCUT2D eigenvalue weighted by Gasteiger charge is 2.30. The molecule has 0 saturated carbocycles. The predicted molar refractivity (Wildman–Crippen MR) is 97.4 cm³/mol. The van der Waals surface area contributed by atoms with Gasteiger partial charge in [-0.05, 0) is 57.2 Å². The molecule has 2 rings (SSSR count). The number of aryl methyl sites for hydroxylation is 1. The molecule has 0 bridgehead atoms. The topological polar surface area (TPSA) is 73.9 Å². The minimum absolute atomic E-state index is 0.210. The molecule has 2 aromatic rings. The van der Waals surface area contributed by atoms with Gasteiger partial charge in [0, 0.05) is 0 Å². The maximum absolute atomic E-state index is 11.9. The highest BCUT2D eigenvalue weighted by molar-refractivity contribution is 5.87. The molecule has 6 heteroatoms. The average molecular weight is 357 g/mol. The Labute approximate surface area is 153 Å². The van der Waals surface area contributed by atoms with Gasteiger partial charge in [0.05, 0.1) is 7.11 Å². The van der Waals surface area contributed by atoms with Crippen molar-refractivity contribution in [2.75, 3.05) is 13.7 Å². The van der Waals surface area contributed by atoms with E-state index >= 15 is 0 Å².